The molecule has 0 bridgehead atoms. The van der Waals surface area contributed by atoms with E-state index in [0.717, 1.165) is 17.1 Å². The third-order valence-electron chi connectivity index (χ3n) is 1.85. The van der Waals surface area contributed by atoms with Crippen molar-refractivity contribution in [2.75, 3.05) is 13.7 Å². The number of hydrogen-bond acceptors (Lipinski definition) is 3. The molecule has 0 atom stereocenters. The van der Waals surface area contributed by atoms with Crippen LogP contribution < -0.4 is 9.47 Å². The van der Waals surface area contributed by atoms with Crippen LogP contribution in [0.4, 0.5) is 0 Å². The van der Waals surface area contributed by atoms with Gasteiger partial charge in [0.05, 0.1) is 13.7 Å². The maximum atomic E-state index is 8.36. The van der Waals surface area contributed by atoms with Crippen LogP contribution in [-0.2, 0) is 4.79 Å². The molecular weight excluding hydrogens is 220 g/mol. The molecule has 4 heteroatoms. The Hall–Kier alpha value is -1.97. The van der Waals surface area contributed by atoms with E-state index < -0.39 is 0 Å². The van der Waals surface area contributed by atoms with Crippen molar-refractivity contribution in [3.05, 3.63) is 29.8 Å². The van der Waals surface area contributed by atoms with Crippen LogP contribution in [0.5, 0.6) is 11.5 Å². The number of ether oxygens (including phenoxy) is 2. The number of hydrogen-bond donors (Lipinski definition) is 1. The summed E-state index contributed by atoms with van der Waals surface area (Å²) >= 11 is 0. The van der Waals surface area contributed by atoms with Gasteiger partial charge in [-0.2, -0.15) is 0 Å². The minimum atomic E-state index is -0.250. The van der Waals surface area contributed by atoms with Gasteiger partial charge >= 0.3 is 0 Å². The molecule has 0 unspecified atom stereocenters. The molecule has 0 aromatic heterocycles. The molecule has 17 heavy (non-hydrogen) atoms. The second-order valence-corrected chi connectivity index (χ2v) is 2.95. The Morgan fingerprint density at radius 3 is 2.47 bits per heavy atom. The standard InChI is InChI=1S/C12H16O2.CH2O2/c1-4-6-10-7-8-11(14-5-2)12(9-10)13-3;2-1-3/h4,6-9H,5H2,1-3H3;1H,(H,2,3)/b6-4+;. The van der Waals surface area contributed by atoms with E-state index in [9.17, 15) is 0 Å². The molecule has 0 radical (unpaired) electrons. The van der Waals surface area contributed by atoms with E-state index in [1.54, 1.807) is 7.11 Å². The van der Waals surface area contributed by atoms with Gasteiger partial charge in [-0.3, -0.25) is 4.79 Å². The van der Waals surface area contributed by atoms with Gasteiger partial charge in [0, 0.05) is 0 Å². The van der Waals surface area contributed by atoms with E-state index in [1.165, 1.54) is 0 Å². The zero-order valence-electron chi connectivity index (χ0n) is 10.3. The van der Waals surface area contributed by atoms with E-state index in [4.69, 9.17) is 19.4 Å². The lowest BCUT2D eigenvalue weighted by molar-refractivity contribution is -0.122. The molecule has 0 amide bonds. The van der Waals surface area contributed by atoms with Gasteiger partial charge in [0.15, 0.2) is 11.5 Å². The molecule has 1 N–H and O–H groups in total. The SMILES string of the molecule is C/C=C/c1ccc(OCC)c(OC)c1.O=CO. The van der Waals surface area contributed by atoms with E-state index >= 15 is 0 Å². The number of rotatable bonds is 4. The van der Waals surface area contributed by atoms with Gasteiger partial charge in [0.2, 0.25) is 0 Å². The fourth-order valence-electron chi connectivity index (χ4n) is 1.26. The highest BCUT2D eigenvalue weighted by Crippen LogP contribution is 2.28. The fraction of sp³-hybridized carbons (Fsp3) is 0.308. The Morgan fingerprint density at radius 2 is 2.00 bits per heavy atom. The summed E-state index contributed by atoms with van der Waals surface area (Å²) in [5.41, 5.74) is 1.12. The van der Waals surface area contributed by atoms with Crippen molar-refractivity contribution in [3.8, 4) is 11.5 Å². The topological polar surface area (TPSA) is 55.8 Å². The zero-order chi connectivity index (χ0) is 13.1. The van der Waals surface area contributed by atoms with Crippen molar-refractivity contribution >= 4 is 12.5 Å². The highest BCUT2D eigenvalue weighted by atomic mass is 16.5. The van der Waals surface area contributed by atoms with Crippen molar-refractivity contribution in [2.24, 2.45) is 0 Å². The predicted molar refractivity (Wildman–Crippen MR) is 67.6 cm³/mol. The van der Waals surface area contributed by atoms with Crippen LogP contribution in [-0.4, -0.2) is 25.3 Å². The van der Waals surface area contributed by atoms with Crippen LogP contribution in [0.1, 0.15) is 19.4 Å². The number of allylic oxidation sites excluding steroid dienone is 1. The Morgan fingerprint density at radius 1 is 1.35 bits per heavy atom. The molecule has 0 saturated heterocycles. The minimum Gasteiger partial charge on any atom is -0.493 e. The van der Waals surface area contributed by atoms with Crippen LogP contribution in [0, 0.1) is 0 Å². The lowest BCUT2D eigenvalue weighted by Crippen LogP contribution is -1.95. The molecule has 94 valence electrons. The summed E-state index contributed by atoms with van der Waals surface area (Å²) in [6, 6.07) is 5.90. The van der Waals surface area contributed by atoms with Crippen LogP contribution in [0.2, 0.25) is 0 Å². The molecular formula is C13H18O4. The maximum absolute atomic E-state index is 8.36. The van der Waals surface area contributed by atoms with Gasteiger partial charge in [-0.1, -0.05) is 18.2 Å². The quantitative estimate of drug-likeness (QED) is 0.819. The molecule has 0 spiro atoms. The van der Waals surface area contributed by atoms with Crippen LogP contribution in [0.25, 0.3) is 6.08 Å². The lowest BCUT2D eigenvalue weighted by atomic mass is 10.2. The first kappa shape index (κ1) is 15.0. The number of carboxylic acid groups (broad SMARTS) is 1. The van der Waals surface area contributed by atoms with Gasteiger partial charge in [-0.05, 0) is 31.5 Å². The number of methoxy groups -OCH3 is 1. The summed E-state index contributed by atoms with van der Waals surface area (Å²) < 4.78 is 10.6. The molecule has 1 rings (SSSR count). The van der Waals surface area contributed by atoms with Crippen LogP contribution >= 0.6 is 0 Å². The Bertz CT molecular complexity index is 358. The van der Waals surface area contributed by atoms with E-state index in [1.807, 2.05) is 44.2 Å². The summed E-state index contributed by atoms with van der Waals surface area (Å²) in [6.45, 7) is 4.35. The Balaban J connectivity index is 0.000000770. The van der Waals surface area contributed by atoms with Crippen molar-refractivity contribution < 1.29 is 19.4 Å². The highest BCUT2D eigenvalue weighted by Gasteiger charge is 2.02. The van der Waals surface area contributed by atoms with Crippen molar-refractivity contribution in [1.29, 1.82) is 0 Å². The largest absolute Gasteiger partial charge is 0.493 e. The first-order valence-corrected chi connectivity index (χ1v) is 5.24. The maximum Gasteiger partial charge on any atom is 0.290 e. The van der Waals surface area contributed by atoms with Crippen molar-refractivity contribution in [3.63, 3.8) is 0 Å². The summed E-state index contributed by atoms with van der Waals surface area (Å²) in [5, 5.41) is 6.89. The van der Waals surface area contributed by atoms with Crippen LogP contribution in [0.15, 0.2) is 24.3 Å². The highest BCUT2D eigenvalue weighted by molar-refractivity contribution is 5.55. The molecule has 0 aliphatic heterocycles. The third kappa shape index (κ3) is 5.61. The van der Waals surface area contributed by atoms with Gasteiger partial charge < -0.3 is 14.6 Å². The third-order valence-corrected chi connectivity index (χ3v) is 1.85. The molecule has 0 fully saturated rings. The number of carbonyl (C=O) groups is 1. The van der Waals surface area contributed by atoms with Gasteiger partial charge in [-0.25, -0.2) is 0 Å². The average Bonchev–Trinajstić information content (AvgIpc) is 2.33. The predicted octanol–water partition coefficient (Wildman–Crippen LogP) is 2.83. The Kier molecular flexibility index (Phi) is 8.20. The summed E-state index contributed by atoms with van der Waals surface area (Å²) in [4.78, 5) is 8.36. The normalized spacial score (nSPS) is 9.35. The smallest absolute Gasteiger partial charge is 0.290 e. The molecule has 1 aromatic rings. The summed E-state index contributed by atoms with van der Waals surface area (Å²) in [6.07, 6.45) is 4.02. The lowest BCUT2D eigenvalue weighted by Gasteiger charge is -2.09. The molecule has 4 nitrogen and oxygen atoms in total. The molecule has 0 saturated carbocycles. The van der Waals surface area contributed by atoms with E-state index in [2.05, 4.69) is 0 Å². The number of benzene rings is 1. The Labute approximate surface area is 101 Å². The zero-order valence-corrected chi connectivity index (χ0v) is 10.3. The van der Waals surface area contributed by atoms with E-state index in [0.29, 0.717) is 6.61 Å². The summed E-state index contributed by atoms with van der Waals surface area (Å²) in [7, 11) is 1.65. The van der Waals surface area contributed by atoms with Crippen molar-refractivity contribution in [2.45, 2.75) is 13.8 Å². The molecule has 0 aliphatic rings. The van der Waals surface area contributed by atoms with Gasteiger partial charge in [-0.15, -0.1) is 0 Å². The monoisotopic (exact) mass is 238 g/mol. The van der Waals surface area contributed by atoms with Gasteiger partial charge in [0.25, 0.3) is 6.47 Å². The minimum absolute atomic E-state index is 0.250. The van der Waals surface area contributed by atoms with Crippen LogP contribution in [0.3, 0.4) is 0 Å². The first-order valence-electron chi connectivity index (χ1n) is 5.24. The van der Waals surface area contributed by atoms with E-state index in [-0.39, 0.29) is 6.47 Å². The second-order valence-electron chi connectivity index (χ2n) is 2.95. The molecule has 0 heterocycles. The first-order chi connectivity index (χ1) is 8.23. The summed E-state index contributed by atoms with van der Waals surface area (Å²) in [5.74, 6) is 1.57. The molecule has 1 aromatic carbocycles. The average molecular weight is 238 g/mol. The second kappa shape index (κ2) is 9.27. The van der Waals surface area contributed by atoms with Gasteiger partial charge in [0.1, 0.15) is 0 Å². The fourth-order valence-corrected chi connectivity index (χ4v) is 1.26. The van der Waals surface area contributed by atoms with Crippen molar-refractivity contribution in [1.82, 2.24) is 0 Å². The molecule has 0 aliphatic carbocycles.